The van der Waals surface area contributed by atoms with Crippen LogP contribution in [-0.4, -0.2) is 160 Å². The number of nitrogens with zero attached hydrogens (tertiary/aromatic N) is 3. The number of carbonyl (C=O) groups excluding carboxylic acids is 4. The molecule has 2 aliphatic heterocycles. The van der Waals surface area contributed by atoms with Gasteiger partial charge in [0.2, 0.25) is 17.7 Å². The molecule has 2 fully saturated rings. The van der Waals surface area contributed by atoms with Crippen molar-refractivity contribution in [1.82, 2.24) is 35.7 Å². The number of thiophene rings is 1. The van der Waals surface area contributed by atoms with E-state index < -0.39 is 51.2 Å². The Morgan fingerprint density at radius 3 is 2.27 bits per heavy atom. The number of fused-ring (bicyclic) bond motifs is 1. The fraction of sp³-hybridized carbons (Fsp3) is 0.491. The number of aryl methyl sites for hydroxylation is 2. The van der Waals surface area contributed by atoms with Gasteiger partial charge in [0.05, 0.1) is 84.1 Å². The third kappa shape index (κ3) is 15.7. The summed E-state index contributed by atoms with van der Waals surface area (Å²) in [6.45, 7) is 8.09. The van der Waals surface area contributed by atoms with Crippen LogP contribution in [0, 0.1) is 17.7 Å². The average molecular weight is 1120 g/mol. The Labute approximate surface area is 455 Å². The largest absolute Gasteiger partial charge is 0.493 e. The Morgan fingerprint density at radius 2 is 1.60 bits per heavy atom. The summed E-state index contributed by atoms with van der Waals surface area (Å²) in [7, 11) is 0.0807. The Kier molecular flexibility index (Phi) is 20.0. The fourth-order valence-electron chi connectivity index (χ4n) is 8.89. The average Bonchev–Trinajstić information content (AvgIpc) is 4.27. The van der Waals surface area contributed by atoms with Crippen molar-refractivity contribution in [2.24, 2.45) is 12.5 Å². The van der Waals surface area contributed by atoms with Crippen molar-refractivity contribution in [3.63, 3.8) is 0 Å². The molecular formula is C53H68N8O13S3. The molecule has 21 nitrogen and oxygen atoms in total. The number of aliphatic hydroxyl groups is 1. The lowest BCUT2D eigenvalue weighted by atomic mass is 9.85. The molecular weight excluding hydrogens is 1050 g/mol. The maximum Gasteiger partial charge on any atom is 0.259 e. The molecule has 3 aromatic heterocycles. The quantitative estimate of drug-likeness (QED) is 0.0293. The number of amides is 4. The van der Waals surface area contributed by atoms with Crippen LogP contribution in [0.4, 0.5) is 0 Å². The highest BCUT2D eigenvalue weighted by Crippen LogP contribution is 2.38. The maximum atomic E-state index is 14.0. The molecule has 0 radical (unpaired) electrons. The van der Waals surface area contributed by atoms with E-state index in [1.807, 2.05) is 31.2 Å². The van der Waals surface area contributed by atoms with E-state index in [2.05, 4.69) is 26.3 Å². The van der Waals surface area contributed by atoms with Crippen LogP contribution in [0.3, 0.4) is 0 Å². The van der Waals surface area contributed by atoms with Gasteiger partial charge in [0.15, 0.2) is 18.1 Å². The van der Waals surface area contributed by atoms with E-state index in [4.69, 9.17) is 29.1 Å². The molecule has 0 spiro atoms. The third-order valence-corrected chi connectivity index (χ3v) is 17.0. The number of methoxy groups -OCH3 is 1. The molecule has 4 amide bonds. The fourth-order valence-corrected chi connectivity index (χ4v) is 12.3. The molecule has 24 heteroatoms. The van der Waals surface area contributed by atoms with E-state index in [9.17, 15) is 37.5 Å². The minimum atomic E-state index is -3.05. The number of aromatic nitrogens is 2. The van der Waals surface area contributed by atoms with Gasteiger partial charge < -0.3 is 59.5 Å². The number of pyridine rings is 1. The van der Waals surface area contributed by atoms with Crippen LogP contribution in [0.2, 0.25) is 0 Å². The van der Waals surface area contributed by atoms with E-state index in [1.165, 1.54) is 27.9 Å². The highest BCUT2D eigenvalue weighted by atomic mass is 32.2. The lowest BCUT2D eigenvalue weighted by Gasteiger charge is -2.35. The van der Waals surface area contributed by atoms with Gasteiger partial charge >= 0.3 is 0 Å². The summed E-state index contributed by atoms with van der Waals surface area (Å²) in [6.07, 6.45) is 1.72. The summed E-state index contributed by atoms with van der Waals surface area (Å²) in [5, 5.41) is 31.3. The first-order valence-electron chi connectivity index (χ1n) is 25.3. The molecule has 5 aromatic rings. The standard InChI is InChI=1S/C53H68N8O13S3/c1-32-46(75-31-57-32)34-9-7-33(8-10-34)26-56-50(65)40-24-37(62)27-61(40)52(67)48(53(2,3)4)59-45(64)29-73-20-19-72-18-17-71-16-15-55-44(63)30-74-41-12-11-35(23-42(41)70-6)39-28-60(5)51(66)38-25-43(76-47(38)39)49(54)58-36-13-21-77(68,69)22-14-36/h7-12,23,25,28,31,36-37,40,48,62H,13-22,24,26-27,29-30H2,1-6H3,(H2,54,58)(H,55,63)(H,56,65)(H,59,64)/t37-,40+,48-/m1/s1. The lowest BCUT2D eigenvalue weighted by molar-refractivity contribution is -0.144. The van der Waals surface area contributed by atoms with Gasteiger partial charge in [-0.1, -0.05) is 51.1 Å². The molecule has 2 saturated heterocycles. The first kappa shape index (κ1) is 58.4. The Hall–Kier alpha value is -6.28. The van der Waals surface area contributed by atoms with E-state index in [-0.39, 0.29) is 107 Å². The van der Waals surface area contributed by atoms with Crippen LogP contribution >= 0.6 is 22.7 Å². The number of amidine groups is 1. The third-order valence-electron chi connectivity index (χ3n) is 13.1. The zero-order valence-electron chi connectivity index (χ0n) is 44.1. The van der Waals surface area contributed by atoms with Crippen molar-refractivity contribution in [2.75, 3.05) is 78.0 Å². The Morgan fingerprint density at radius 1 is 0.909 bits per heavy atom. The van der Waals surface area contributed by atoms with Crippen molar-refractivity contribution in [3.8, 4) is 33.1 Å². The number of β-amino-alcohol motifs (C(OH)–C–C–N with tert-alkyl or cyclic N) is 1. The molecule has 6 N–H and O–H groups in total. The molecule has 0 aliphatic carbocycles. The Bertz CT molecular complexity index is 3070. The van der Waals surface area contributed by atoms with Gasteiger partial charge in [-0.15, -0.1) is 22.7 Å². The van der Waals surface area contributed by atoms with Gasteiger partial charge in [0.1, 0.15) is 34.4 Å². The van der Waals surface area contributed by atoms with Crippen molar-refractivity contribution in [3.05, 3.63) is 86.7 Å². The number of sulfone groups is 1. The number of hydrogen-bond acceptors (Lipinski definition) is 17. The van der Waals surface area contributed by atoms with Crippen LogP contribution in [0.5, 0.6) is 11.5 Å². The number of hydrogen-bond donors (Lipinski definition) is 6. The number of carbonyl (C=O) groups is 4. The zero-order valence-corrected chi connectivity index (χ0v) is 46.6. The molecule has 2 aliphatic rings. The molecule has 3 atom stereocenters. The second-order valence-electron chi connectivity index (χ2n) is 20.0. The van der Waals surface area contributed by atoms with E-state index >= 15 is 0 Å². The molecule has 416 valence electrons. The summed E-state index contributed by atoms with van der Waals surface area (Å²) < 4.78 is 54.0. The second kappa shape index (κ2) is 26.4. The first-order chi connectivity index (χ1) is 36.7. The van der Waals surface area contributed by atoms with Gasteiger partial charge in [-0.25, -0.2) is 13.4 Å². The summed E-state index contributed by atoms with van der Waals surface area (Å²) in [4.78, 5) is 73.5. The van der Waals surface area contributed by atoms with Crippen molar-refractivity contribution in [2.45, 2.75) is 77.7 Å². The number of ether oxygens (including phenoxy) is 5. The molecule has 5 heterocycles. The maximum absolute atomic E-state index is 14.0. The minimum Gasteiger partial charge on any atom is -0.493 e. The number of aliphatic hydroxyl groups excluding tert-OH is 1. The van der Waals surface area contributed by atoms with Crippen LogP contribution < -0.4 is 36.3 Å². The molecule has 0 saturated carbocycles. The minimum absolute atomic E-state index is 0.0434. The highest BCUT2D eigenvalue weighted by Gasteiger charge is 2.44. The normalized spacial score (nSPS) is 16.9. The number of nitrogens with one attached hydrogen (secondary N) is 5. The topological polar surface area (TPSA) is 279 Å². The lowest BCUT2D eigenvalue weighted by Crippen LogP contribution is -2.58. The number of likely N-dealkylation sites (tertiary alicyclic amines) is 1. The summed E-state index contributed by atoms with van der Waals surface area (Å²) in [5.74, 6) is -0.807. The molecule has 7 rings (SSSR count). The van der Waals surface area contributed by atoms with Gasteiger partial charge in [-0.2, -0.15) is 0 Å². The SMILES string of the molecule is COc1cc(-c2cn(C)c(=O)c3cc(C(=N)NC4CCS(=O)(=O)CC4)sc23)ccc1OCC(=O)NCCOCCOCCOCC(=O)N[C@H](C(=O)N1C[C@H](O)C[C@H]1C(=O)NCc1ccc(-c2scnc2C)cc1)C(C)(C)C. The van der Waals surface area contributed by atoms with Crippen LogP contribution in [0.15, 0.2) is 65.0 Å². The van der Waals surface area contributed by atoms with Crippen LogP contribution in [-0.2, 0) is 56.8 Å². The van der Waals surface area contributed by atoms with Gasteiger partial charge in [-0.3, -0.25) is 29.4 Å². The second-order valence-corrected chi connectivity index (χ2v) is 24.2. The molecule has 77 heavy (non-hydrogen) atoms. The predicted molar refractivity (Wildman–Crippen MR) is 293 cm³/mol. The monoisotopic (exact) mass is 1120 g/mol. The van der Waals surface area contributed by atoms with Crippen LogP contribution in [0.25, 0.3) is 31.7 Å². The molecule has 0 bridgehead atoms. The van der Waals surface area contributed by atoms with E-state index in [1.54, 1.807) is 75.1 Å². The smallest absolute Gasteiger partial charge is 0.259 e. The summed E-state index contributed by atoms with van der Waals surface area (Å²) in [6, 6.07) is 12.7. The highest BCUT2D eigenvalue weighted by molar-refractivity contribution is 7.91. The van der Waals surface area contributed by atoms with Gasteiger partial charge in [-0.05, 0) is 60.1 Å². The van der Waals surface area contributed by atoms with Gasteiger partial charge in [0, 0.05) is 55.6 Å². The van der Waals surface area contributed by atoms with Crippen molar-refractivity contribution >= 4 is 72.1 Å². The number of rotatable bonds is 24. The van der Waals surface area contributed by atoms with Crippen molar-refractivity contribution < 1.29 is 56.4 Å². The Balaban J connectivity index is 0.769. The summed E-state index contributed by atoms with van der Waals surface area (Å²) in [5.41, 5.74) is 5.16. The molecule has 0 unspecified atom stereocenters. The van der Waals surface area contributed by atoms with Crippen LogP contribution in [0.1, 0.15) is 56.2 Å². The first-order valence-corrected chi connectivity index (χ1v) is 28.8. The molecule has 2 aromatic carbocycles. The van der Waals surface area contributed by atoms with E-state index in [0.717, 1.165) is 32.8 Å². The summed E-state index contributed by atoms with van der Waals surface area (Å²) >= 11 is 2.85. The zero-order chi connectivity index (χ0) is 55.4. The number of thiazole rings is 1. The van der Waals surface area contributed by atoms with E-state index in [0.29, 0.717) is 39.3 Å². The predicted octanol–water partition coefficient (Wildman–Crippen LogP) is 3.55. The van der Waals surface area contributed by atoms with Gasteiger partial charge in [0.25, 0.3) is 11.5 Å². The number of benzene rings is 2. The van der Waals surface area contributed by atoms with Crippen molar-refractivity contribution in [1.29, 1.82) is 5.41 Å².